The fourth-order valence-corrected chi connectivity index (χ4v) is 1.30. The molecule has 0 aromatic carbocycles. The van der Waals surface area contributed by atoms with Gasteiger partial charge in [-0.25, -0.2) is 0 Å². The first-order valence-electron chi connectivity index (χ1n) is 3.64. The number of hydrogen-bond donors (Lipinski definition) is 4. The van der Waals surface area contributed by atoms with Crippen LogP contribution in [0.5, 0.6) is 0 Å². The maximum absolute atomic E-state index is 12.1. The molecule has 0 spiro atoms. The zero-order valence-electron chi connectivity index (χ0n) is 7.52. The number of nitrogens with one attached hydrogen (secondary N) is 1. The summed E-state index contributed by atoms with van der Waals surface area (Å²) in [5, 5.41) is 1.14. The standard InChI is InChI=1S/C5H10F3N2O4P/c1-2(9)3(11)10-4(5(6,7)8)15(12,13)14/h2,4H,9H2,1H3,(H,10,11)(H2,12,13,14)/t2?,4-/m0/s1. The molecule has 0 aliphatic carbocycles. The Hall–Kier alpha value is -0.630. The molecule has 0 aliphatic heterocycles. The van der Waals surface area contributed by atoms with Crippen LogP contribution in [0, 0.1) is 0 Å². The van der Waals surface area contributed by atoms with E-state index in [0.29, 0.717) is 0 Å². The summed E-state index contributed by atoms with van der Waals surface area (Å²) in [6.07, 6.45) is -5.23. The van der Waals surface area contributed by atoms with Crippen molar-refractivity contribution in [2.45, 2.75) is 24.9 Å². The molecule has 0 aliphatic rings. The van der Waals surface area contributed by atoms with Gasteiger partial charge in [0.25, 0.3) is 0 Å². The SMILES string of the molecule is CC(N)C(=O)N[C@H](C(F)(F)F)P(=O)(O)O. The average Bonchev–Trinajstić information content (AvgIpc) is 1.94. The van der Waals surface area contributed by atoms with Gasteiger partial charge < -0.3 is 20.8 Å². The summed E-state index contributed by atoms with van der Waals surface area (Å²) < 4.78 is 46.7. The van der Waals surface area contributed by atoms with Crippen molar-refractivity contribution < 1.29 is 32.3 Å². The Bertz CT molecular complexity index is 286. The second-order valence-electron chi connectivity index (χ2n) is 2.83. The normalized spacial score (nSPS) is 17.0. The maximum atomic E-state index is 12.1. The molecule has 0 radical (unpaired) electrons. The van der Waals surface area contributed by atoms with E-state index in [1.165, 1.54) is 0 Å². The molecule has 2 atom stereocenters. The Morgan fingerprint density at radius 3 is 2.07 bits per heavy atom. The highest BCUT2D eigenvalue weighted by molar-refractivity contribution is 7.52. The third-order valence-electron chi connectivity index (χ3n) is 1.34. The molecule has 90 valence electrons. The van der Waals surface area contributed by atoms with E-state index in [1.807, 2.05) is 0 Å². The van der Waals surface area contributed by atoms with E-state index in [-0.39, 0.29) is 0 Å². The molecule has 0 rings (SSSR count). The quantitative estimate of drug-likeness (QED) is 0.505. The number of halogens is 3. The molecule has 1 amide bonds. The zero-order chi connectivity index (χ0) is 12.4. The minimum Gasteiger partial charge on any atom is -0.333 e. The van der Waals surface area contributed by atoms with Crippen LogP contribution in [0.25, 0.3) is 0 Å². The summed E-state index contributed by atoms with van der Waals surface area (Å²) in [5.74, 6) is -4.51. The number of carbonyl (C=O) groups is 1. The van der Waals surface area contributed by atoms with E-state index >= 15 is 0 Å². The van der Waals surface area contributed by atoms with Gasteiger partial charge in [0, 0.05) is 0 Å². The van der Waals surface area contributed by atoms with E-state index < -0.39 is 31.5 Å². The van der Waals surface area contributed by atoms with Crippen LogP contribution in [0.1, 0.15) is 6.92 Å². The van der Waals surface area contributed by atoms with Crippen LogP contribution in [0.15, 0.2) is 0 Å². The average molecular weight is 250 g/mol. The third kappa shape index (κ3) is 4.61. The molecule has 0 saturated heterocycles. The van der Waals surface area contributed by atoms with Gasteiger partial charge in [-0.1, -0.05) is 0 Å². The summed E-state index contributed by atoms with van der Waals surface area (Å²) in [5.41, 5.74) is 4.94. The fraction of sp³-hybridized carbons (Fsp3) is 0.800. The lowest BCUT2D eigenvalue weighted by atomic mass is 10.3. The van der Waals surface area contributed by atoms with Crippen LogP contribution >= 0.6 is 7.60 Å². The highest BCUT2D eigenvalue weighted by atomic mass is 31.2. The van der Waals surface area contributed by atoms with E-state index in [2.05, 4.69) is 0 Å². The Morgan fingerprint density at radius 2 is 1.87 bits per heavy atom. The molecule has 15 heavy (non-hydrogen) atoms. The van der Waals surface area contributed by atoms with E-state index in [9.17, 15) is 22.5 Å². The number of alkyl halides is 3. The predicted molar refractivity (Wildman–Crippen MR) is 43.7 cm³/mol. The first-order valence-corrected chi connectivity index (χ1v) is 5.32. The minimum atomic E-state index is -5.50. The van der Waals surface area contributed by atoms with Gasteiger partial charge in [0.05, 0.1) is 6.04 Å². The van der Waals surface area contributed by atoms with Crippen molar-refractivity contribution in [2.24, 2.45) is 5.73 Å². The van der Waals surface area contributed by atoms with Crippen molar-refractivity contribution >= 4 is 13.5 Å². The Balaban J connectivity index is 4.86. The van der Waals surface area contributed by atoms with Gasteiger partial charge >= 0.3 is 13.8 Å². The molecular weight excluding hydrogens is 240 g/mol. The van der Waals surface area contributed by atoms with E-state index in [4.69, 9.17) is 15.5 Å². The van der Waals surface area contributed by atoms with Gasteiger partial charge in [-0.2, -0.15) is 13.2 Å². The number of rotatable bonds is 3. The lowest BCUT2D eigenvalue weighted by molar-refractivity contribution is -0.149. The van der Waals surface area contributed by atoms with Crippen LogP contribution in [0.3, 0.4) is 0 Å². The van der Waals surface area contributed by atoms with Crippen LogP contribution in [0.2, 0.25) is 0 Å². The van der Waals surface area contributed by atoms with Gasteiger partial charge in [0.2, 0.25) is 11.7 Å². The third-order valence-corrected chi connectivity index (χ3v) is 2.43. The smallest absolute Gasteiger partial charge is 0.333 e. The molecule has 0 aromatic rings. The molecular formula is C5H10F3N2O4P. The molecule has 0 saturated carbocycles. The molecule has 0 bridgehead atoms. The summed E-state index contributed by atoms with van der Waals surface area (Å²) in [4.78, 5) is 27.5. The van der Waals surface area contributed by atoms with Crippen molar-refractivity contribution in [3.05, 3.63) is 0 Å². The first-order chi connectivity index (χ1) is 6.46. The topological polar surface area (TPSA) is 113 Å². The van der Waals surface area contributed by atoms with Crippen molar-refractivity contribution in [2.75, 3.05) is 0 Å². The molecule has 5 N–H and O–H groups in total. The van der Waals surface area contributed by atoms with Crippen molar-refractivity contribution in [1.29, 1.82) is 0 Å². The second kappa shape index (κ2) is 4.48. The van der Waals surface area contributed by atoms with Crippen LogP contribution < -0.4 is 11.1 Å². The molecule has 1 unspecified atom stereocenters. The predicted octanol–water partition coefficient (Wildman–Crippen LogP) is -0.484. The van der Waals surface area contributed by atoms with E-state index in [0.717, 1.165) is 12.2 Å². The largest absolute Gasteiger partial charge is 0.420 e. The van der Waals surface area contributed by atoms with Gasteiger partial charge in [0.15, 0.2) is 0 Å². The van der Waals surface area contributed by atoms with Crippen molar-refractivity contribution in [3.8, 4) is 0 Å². The summed E-state index contributed by atoms with van der Waals surface area (Å²) in [6, 6.07) is -1.29. The van der Waals surface area contributed by atoms with Crippen LogP contribution in [-0.4, -0.2) is 33.7 Å². The van der Waals surface area contributed by atoms with Crippen LogP contribution in [-0.2, 0) is 9.36 Å². The highest BCUT2D eigenvalue weighted by Gasteiger charge is 2.52. The summed E-state index contributed by atoms with van der Waals surface area (Å²) in [7, 11) is -5.50. The molecule has 6 nitrogen and oxygen atoms in total. The van der Waals surface area contributed by atoms with Crippen LogP contribution in [0.4, 0.5) is 13.2 Å². The van der Waals surface area contributed by atoms with Gasteiger partial charge in [-0.15, -0.1) is 0 Å². The number of hydrogen-bond acceptors (Lipinski definition) is 3. The lowest BCUT2D eigenvalue weighted by Crippen LogP contribution is -2.49. The lowest BCUT2D eigenvalue weighted by Gasteiger charge is -2.22. The van der Waals surface area contributed by atoms with Crippen molar-refractivity contribution in [3.63, 3.8) is 0 Å². The first kappa shape index (κ1) is 14.4. The number of amides is 1. The van der Waals surface area contributed by atoms with Gasteiger partial charge in [-0.3, -0.25) is 9.36 Å². The molecule has 10 heteroatoms. The fourth-order valence-electron chi connectivity index (χ4n) is 0.623. The Labute approximate surface area is 82.8 Å². The summed E-state index contributed by atoms with van der Waals surface area (Å²) in [6.45, 7) is 1.09. The number of carbonyl (C=O) groups excluding carboxylic acids is 1. The maximum Gasteiger partial charge on any atom is 0.420 e. The van der Waals surface area contributed by atoms with E-state index in [1.54, 1.807) is 0 Å². The minimum absolute atomic E-state index is 1.09. The monoisotopic (exact) mass is 250 g/mol. The van der Waals surface area contributed by atoms with Gasteiger partial charge in [-0.05, 0) is 6.92 Å². The molecule has 0 heterocycles. The molecule has 0 fully saturated rings. The Morgan fingerprint density at radius 1 is 1.47 bits per heavy atom. The Kier molecular flexibility index (Phi) is 4.29. The second-order valence-corrected chi connectivity index (χ2v) is 4.53. The van der Waals surface area contributed by atoms with Crippen molar-refractivity contribution in [1.82, 2.24) is 5.32 Å². The summed E-state index contributed by atoms with van der Waals surface area (Å²) >= 11 is 0. The highest BCUT2D eigenvalue weighted by Crippen LogP contribution is 2.47. The number of nitrogens with two attached hydrogens (primary N) is 1. The zero-order valence-corrected chi connectivity index (χ0v) is 8.42. The van der Waals surface area contributed by atoms with Gasteiger partial charge in [0.1, 0.15) is 0 Å². The molecule has 0 aromatic heterocycles.